The van der Waals surface area contributed by atoms with Crippen molar-refractivity contribution in [3.8, 4) is 11.5 Å². The van der Waals surface area contributed by atoms with Crippen molar-refractivity contribution >= 4 is 29.0 Å². The van der Waals surface area contributed by atoms with Crippen LogP contribution in [0.1, 0.15) is 18.5 Å². The number of hydrogen-bond donors (Lipinski definition) is 2. The smallest absolute Gasteiger partial charge is 0.262 e. The third-order valence-electron chi connectivity index (χ3n) is 4.45. The number of nitrogens with one attached hydrogen (secondary N) is 2. The molecule has 9 heteroatoms. The van der Waals surface area contributed by atoms with E-state index in [4.69, 9.17) is 21.7 Å². The Morgan fingerprint density at radius 2 is 2.11 bits per heavy atom. The molecule has 3 heterocycles. The molecule has 0 bridgehead atoms. The van der Waals surface area contributed by atoms with E-state index in [0.29, 0.717) is 46.7 Å². The first-order valence-corrected chi connectivity index (χ1v) is 9.26. The van der Waals surface area contributed by atoms with Gasteiger partial charge in [0, 0.05) is 25.2 Å². The van der Waals surface area contributed by atoms with E-state index >= 15 is 0 Å². The predicted molar refractivity (Wildman–Crippen MR) is 105 cm³/mol. The predicted octanol–water partition coefficient (Wildman–Crippen LogP) is 2.28. The Balaban J connectivity index is 1.42. The molecule has 0 unspecified atom stereocenters. The fraction of sp³-hybridized carbons (Fsp3) is 0.263. The van der Waals surface area contributed by atoms with Crippen molar-refractivity contribution in [2.24, 2.45) is 0 Å². The lowest BCUT2D eigenvalue weighted by Crippen LogP contribution is -2.25. The van der Waals surface area contributed by atoms with Gasteiger partial charge in [0.1, 0.15) is 0 Å². The molecule has 144 valence electrons. The monoisotopic (exact) mass is 398 g/mol. The van der Waals surface area contributed by atoms with Gasteiger partial charge >= 0.3 is 0 Å². The number of H-pyrrole nitrogens is 1. The van der Waals surface area contributed by atoms with Gasteiger partial charge in [-0.3, -0.25) is 19.1 Å². The molecule has 28 heavy (non-hydrogen) atoms. The average Bonchev–Trinajstić information content (AvgIpc) is 3.16. The Labute approximate surface area is 165 Å². The van der Waals surface area contributed by atoms with Crippen LogP contribution in [0.3, 0.4) is 0 Å². The van der Waals surface area contributed by atoms with Gasteiger partial charge in [0.25, 0.3) is 5.56 Å². The Morgan fingerprint density at radius 1 is 1.29 bits per heavy atom. The van der Waals surface area contributed by atoms with Crippen molar-refractivity contribution in [1.82, 2.24) is 19.9 Å². The van der Waals surface area contributed by atoms with Crippen LogP contribution < -0.4 is 20.3 Å². The molecule has 3 aromatic rings. The molecule has 0 fully saturated rings. The van der Waals surface area contributed by atoms with E-state index in [1.54, 1.807) is 18.3 Å². The maximum absolute atomic E-state index is 12.8. The minimum absolute atomic E-state index is 0.0993. The third kappa shape index (κ3) is 3.74. The summed E-state index contributed by atoms with van der Waals surface area (Å²) in [6.45, 7) is 0.854. The Hall–Kier alpha value is -3.20. The third-order valence-corrected chi connectivity index (χ3v) is 4.78. The number of hydrogen-bond acceptors (Lipinski definition) is 6. The van der Waals surface area contributed by atoms with Crippen LogP contribution in [-0.4, -0.2) is 27.2 Å². The summed E-state index contributed by atoms with van der Waals surface area (Å²) in [6.07, 6.45) is 2.45. The van der Waals surface area contributed by atoms with Crippen LogP contribution in [0, 0.1) is 4.77 Å². The zero-order valence-corrected chi connectivity index (χ0v) is 15.8. The Bertz CT molecular complexity index is 1140. The SMILES string of the molecule is O=C(CCCn1c(=S)[nH]c2cc3c(cc2c1=O)OCO3)NCc1ccccn1. The molecule has 1 aliphatic heterocycles. The van der Waals surface area contributed by atoms with Crippen molar-refractivity contribution in [3.63, 3.8) is 0 Å². The molecular formula is C19H18N4O4S. The Kier molecular flexibility index (Phi) is 5.07. The van der Waals surface area contributed by atoms with Gasteiger partial charge in [-0.05, 0) is 36.8 Å². The summed E-state index contributed by atoms with van der Waals surface area (Å²) in [5.74, 6) is 1.02. The second kappa shape index (κ2) is 7.81. The second-order valence-electron chi connectivity index (χ2n) is 6.34. The van der Waals surface area contributed by atoms with Crippen molar-refractivity contribution < 1.29 is 14.3 Å². The van der Waals surface area contributed by atoms with E-state index in [0.717, 1.165) is 5.69 Å². The van der Waals surface area contributed by atoms with Crippen LogP contribution in [0.25, 0.3) is 10.9 Å². The van der Waals surface area contributed by atoms with E-state index < -0.39 is 0 Å². The lowest BCUT2D eigenvalue weighted by Gasteiger charge is -2.09. The fourth-order valence-electron chi connectivity index (χ4n) is 3.02. The number of amides is 1. The standard InChI is InChI=1S/C19H18N4O4S/c24-17(21-10-12-4-1-2-6-20-12)5-3-7-23-18(25)13-8-15-16(27-11-26-15)9-14(13)22-19(23)28/h1-2,4,6,8-9H,3,5,7,10-11H2,(H,21,24)(H,22,28). The van der Waals surface area contributed by atoms with Crippen LogP contribution in [-0.2, 0) is 17.9 Å². The van der Waals surface area contributed by atoms with Crippen LogP contribution >= 0.6 is 12.2 Å². The van der Waals surface area contributed by atoms with Gasteiger partial charge in [0.15, 0.2) is 16.3 Å². The van der Waals surface area contributed by atoms with Crippen LogP contribution in [0.4, 0.5) is 0 Å². The molecule has 0 saturated carbocycles. The molecule has 1 amide bonds. The topological polar surface area (TPSA) is 98.2 Å². The maximum Gasteiger partial charge on any atom is 0.262 e. The summed E-state index contributed by atoms with van der Waals surface area (Å²) in [5.41, 5.74) is 1.18. The zero-order chi connectivity index (χ0) is 19.5. The average molecular weight is 398 g/mol. The highest BCUT2D eigenvalue weighted by molar-refractivity contribution is 7.71. The molecule has 8 nitrogen and oxygen atoms in total. The number of fused-ring (bicyclic) bond motifs is 2. The molecular weight excluding hydrogens is 380 g/mol. The minimum atomic E-state index is -0.217. The number of rotatable bonds is 6. The van der Waals surface area contributed by atoms with Gasteiger partial charge in [-0.1, -0.05) is 6.07 Å². The van der Waals surface area contributed by atoms with Gasteiger partial charge in [0.2, 0.25) is 12.7 Å². The summed E-state index contributed by atoms with van der Waals surface area (Å²) in [4.78, 5) is 32.0. The van der Waals surface area contributed by atoms with Crippen LogP contribution in [0.2, 0.25) is 0 Å². The Morgan fingerprint density at radius 3 is 2.89 bits per heavy atom. The first-order valence-electron chi connectivity index (χ1n) is 8.85. The largest absolute Gasteiger partial charge is 0.454 e. The molecule has 0 radical (unpaired) electrons. The summed E-state index contributed by atoms with van der Waals surface area (Å²) in [6, 6.07) is 8.91. The molecule has 0 aliphatic carbocycles. The minimum Gasteiger partial charge on any atom is -0.454 e. The molecule has 2 N–H and O–H groups in total. The molecule has 0 spiro atoms. The van der Waals surface area contributed by atoms with Crippen LogP contribution in [0.5, 0.6) is 11.5 Å². The number of nitrogens with zero attached hydrogens (tertiary/aromatic N) is 2. The number of carbonyl (C=O) groups excluding carboxylic acids is 1. The van der Waals surface area contributed by atoms with E-state index in [-0.39, 0.29) is 24.7 Å². The van der Waals surface area contributed by atoms with Crippen molar-refractivity contribution in [2.45, 2.75) is 25.9 Å². The van der Waals surface area contributed by atoms with E-state index in [1.165, 1.54) is 4.57 Å². The molecule has 4 rings (SSSR count). The van der Waals surface area contributed by atoms with Gasteiger partial charge in [-0.2, -0.15) is 0 Å². The first-order chi connectivity index (χ1) is 13.6. The number of aromatic nitrogens is 3. The van der Waals surface area contributed by atoms with Gasteiger partial charge in [-0.15, -0.1) is 0 Å². The lowest BCUT2D eigenvalue weighted by molar-refractivity contribution is -0.121. The summed E-state index contributed by atoms with van der Waals surface area (Å²) < 4.78 is 12.4. The van der Waals surface area contributed by atoms with E-state index in [9.17, 15) is 9.59 Å². The summed E-state index contributed by atoms with van der Waals surface area (Å²) in [5, 5.41) is 3.29. The van der Waals surface area contributed by atoms with E-state index in [2.05, 4.69) is 15.3 Å². The zero-order valence-electron chi connectivity index (χ0n) is 14.9. The highest BCUT2D eigenvalue weighted by Crippen LogP contribution is 2.34. The van der Waals surface area contributed by atoms with E-state index in [1.807, 2.05) is 18.2 Å². The normalized spacial score (nSPS) is 12.3. The molecule has 1 aromatic carbocycles. The van der Waals surface area contributed by atoms with Crippen LogP contribution in [0.15, 0.2) is 41.3 Å². The number of ether oxygens (including phenoxy) is 2. The van der Waals surface area contributed by atoms with Gasteiger partial charge in [-0.25, -0.2) is 0 Å². The first kappa shape index (κ1) is 18.2. The second-order valence-corrected chi connectivity index (χ2v) is 6.73. The molecule has 0 atom stereocenters. The van der Waals surface area contributed by atoms with Gasteiger partial charge in [0.05, 0.1) is 23.1 Å². The number of pyridine rings is 1. The number of benzene rings is 1. The molecule has 1 aliphatic rings. The molecule has 2 aromatic heterocycles. The van der Waals surface area contributed by atoms with Crippen molar-refractivity contribution in [3.05, 3.63) is 57.3 Å². The summed E-state index contributed by atoms with van der Waals surface area (Å²) in [7, 11) is 0. The van der Waals surface area contributed by atoms with Crippen molar-refractivity contribution in [2.75, 3.05) is 6.79 Å². The highest BCUT2D eigenvalue weighted by Gasteiger charge is 2.17. The maximum atomic E-state index is 12.8. The number of aromatic amines is 1. The summed E-state index contributed by atoms with van der Waals surface area (Å²) >= 11 is 5.32. The highest BCUT2D eigenvalue weighted by atomic mass is 32.1. The number of carbonyl (C=O) groups is 1. The quantitative estimate of drug-likeness (QED) is 0.618. The fourth-order valence-corrected chi connectivity index (χ4v) is 3.31. The van der Waals surface area contributed by atoms with Crippen molar-refractivity contribution in [1.29, 1.82) is 0 Å². The van der Waals surface area contributed by atoms with Gasteiger partial charge < -0.3 is 19.8 Å². The lowest BCUT2D eigenvalue weighted by atomic mass is 10.2. The molecule has 0 saturated heterocycles.